The van der Waals surface area contributed by atoms with Crippen molar-refractivity contribution in [1.82, 2.24) is 15.3 Å². The molecule has 0 amide bonds. The number of hydrogen-bond donors (Lipinski definition) is 2. The maximum Gasteiger partial charge on any atom is 0.232 e. The molecule has 206 valence electrons. The van der Waals surface area contributed by atoms with Gasteiger partial charge < -0.3 is 20.4 Å². The molecule has 3 aliphatic rings. The van der Waals surface area contributed by atoms with Gasteiger partial charge in [0.2, 0.25) is 5.95 Å². The molecule has 0 bridgehead atoms. The second kappa shape index (κ2) is 12.4. The Labute approximate surface area is 238 Å². The molecular weight excluding hydrogens is 512 g/mol. The summed E-state index contributed by atoms with van der Waals surface area (Å²) in [7, 11) is 0. The van der Waals surface area contributed by atoms with Gasteiger partial charge in [0.1, 0.15) is 11.6 Å². The molecule has 0 spiro atoms. The normalized spacial score (nSPS) is 23.7. The topological polar surface area (TPSA) is 56.3 Å². The number of nitrogens with zero attached hydrogens (tertiary/aromatic N) is 4. The number of benzene rings is 1. The molecule has 2 unspecified atom stereocenters. The molecule has 6 nitrogen and oxygen atoms in total. The Kier molecular flexibility index (Phi) is 8.94. The molecule has 2 aliphatic heterocycles. The fourth-order valence-electron chi connectivity index (χ4n) is 6.78. The first kappa shape index (κ1) is 27.4. The minimum atomic E-state index is 0.0522. The van der Waals surface area contributed by atoms with E-state index >= 15 is 0 Å². The van der Waals surface area contributed by atoms with Crippen molar-refractivity contribution in [2.24, 2.45) is 11.8 Å². The molecule has 0 radical (unpaired) electrons. The summed E-state index contributed by atoms with van der Waals surface area (Å²) in [5.74, 6) is 3.92. The molecule has 3 fully saturated rings. The second-order valence-corrected chi connectivity index (χ2v) is 12.8. The molecule has 38 heavy (non-hydrogen) atoms. The summed E-state index contributed by atoms with van der Waals surface area (Å²) in [6.45, 7) is 9.63. The molecule has 2 atom stereocenters. The van der Waals surface area contributed by atoms with Gasteiger partial charge in [-0.3, -0.25) is 0 Å². The first-order valence-electron chi connectivity index (χ1n) is 14.6. The summed E-state index contributed by atoms with van der Waals surface area (Å²) < 4.78 is 0. The largest absolute Gasteiger partial charge is 0.361 e. The fourth-order valence-corrected chi connectivity index (χ4v) is 7.14. The van der Waals surface area contributed by atoms with E-state index in [0.717, 1.165) is 62.2 Å². The molecule has 1 aromatic carbocycles. The third-order valence-corrected chi connectivity index (χ3v) is 9.11. The van der Waals surface area contributed by atoms with E-state index in [4.69, 9.17) is 33.8 Å². The average Bonchev–Trinajstić information content (AvgIpc) is 3.21. The van der Waals surface area contributed by atoms with Gasteiger partial charge in [0, 0.05) is 49.2 Å². The Balaban J connectivity index is 1.34. The smallest absolute Gasteiger partial charge is 0.232 e. The summed E-state index contributed by atoms with van der Waals surface area (Å²) in [5, 5.41) is 8.26. The van der Waals surface area contributed by atoms with Crippen molar-refractivity contribution in [2.45, 2.75) is 77.0 Å². The highest BCUT2D eigenvalue weighted by atomic mass is 35.5. The van der Waals surface area contributed by atoms with E-state index in [1.165, 1.54) is 50.5 Å². The van der Waals surface area contributed by atoms with Crippen LogP contribution < -0.4 is 20.4 Å². The molecule has 1 aliphatic carbocycles. The minimum Gasteiger partial charge on any atom is -0.361 e. The Morgan fingerprint density at radius 1 is 0.947 bits per heavy atom. The molecule has 1 saturated carbocycles. The van der Waals surface area contributed by atoms with Crippen molar-refractivity contribution >= 4 is 46.5 Å². The van der Waals surface area contributed by atoms with Crippen LogP contribution in [-0.2, 0) is 5.41 Å². The van der Waals surface area contributed by atoms with Gasteiger partial charge in [0.25, 0.3) is 0 Å². The zero-order valence-corrected chi connectivity index (χ0v) is 24.6. The molecule has 8 heteroatoms. The van der Waals surface area contributed by atoms with Crippen molar-refractivity contribution in [3.8, 4) is 0 Å². The van der Waals surface area contributed by atoms with Crippen LogP contribution in [0.3, 0.4) is 0 Å². The third-order valence-electron chi connectivity index (χ3n) is 8.63. The second-order valence-electron chi connectivity index (χ2n) is 12.0. The van der Waals surface area contributed by atoms with Crippen LogP contribution in [0.5, 0.6) is 0 Å². The predicted molar refractivity (Wildman–Crippen MR) is 164 cm³/mol. The van der Waals surface area contributed by atoms with Crippen molar-refractivity contribution in [3.63, 3.8) is 0 Å². The number of anilines is 3. The van der Waals surface area contributed by atoms with Gasteiger partial charge in [-0.1, -0.05) is 63.3 Å². The number of nitrogens with one attached hydrogen (secondary N) is 2. The summed E-state index contributed by atoms with van der Waals surface area (Å²) in [4.78, 5) is 14.8. The van der Waals surface area contributed by atoms with Gasteiger partial charge in [-0.25, -0.2) is 0 Å². The average molecular weight is 555 g/mol. The van der Waals surface area contributed by atoms with E-state index in [9.17, 15) is 0 Å². The van der Waals surface area contributed by atoms with E-state index in [1.807, 2.05) is 6.07 Å². The standard InChI is InChI=1S/C30H43ClN6S/c1-22-16-23(2)20-37(19-22)27-18-26(36-14-7-3-4-8-15-36)33-28(34-27)35-29(38)32-21-30(12-5-6-13-30)24-10-9-11-25(31)17-24/h9-11,17-18,22-23H,3-8,12-16,19-21H2,1-2H3,(H2,32,33,34,35,38). The fraction of sp³-hybridized carbons (Fsp3) is 0.633. The van der Waals surface area contributed by atoms with E-state index < -0.39 is 0 Å². The maximum absolute atomic E-state index is 6.36. The van der Waals surface area contributed by atoms with Crippen LogP contribution in [0.4, 0.5) is 17.6 Å². The third kappa shape index (κ3) is 6.71. The summed E-state index contributed by atoms with van der Waals surface area (Å²) in [6.07, 6.45) is 11.0. The van der Waals surface area contributed by atoms with Crippen LogP contribution in [0.1, 0.15) is 77.2 Å². The zero-order chi connectivity index (χ0) is 26.5. The number of thiocarbonyl (C=S) groups is 1. The molecule has 5 rings (SSSR count). The van der Waals surface area contributed by atoms with Gasteiger partial charge in [-0.05, 0) is 73.9 Å². The summed E-state index contributed by atoms with van der Waals surface area (Å²) >= 11 is 12.2. The van der Waals surface area contributed by atoms with Crippen LogP contribution in [-0.4, -0.2) is 47.8 Å². The predicted octanol–water partition coefficient (Wildman–Crippen LogP) is 6.79. The van der Waals surface area contributed by atoms with Gasteiger partial charge in [-0.2, -0.15) is 9.97 Å². The van der Waals surface area contributed by atoms with E-state index in [1.54, 1.807) is 0 Å². The number of halogens is 1. The van der Waals surface area contributed by atoms with Crippen molar-refractivity contribution in [2.75, 3.05) is 47.8 Å². The van der Waals surface area contributed by atoms with Crippen molar-refractivity contribution < 1.29 is 0 Å². The van der Waals surface area contributed by atoms with E-state index in [0.29, 0.717) is 22.9 Å². The molecule has 2 aromatic rings. The van der Waals surface area contributed by atoms with Crippen LogP contribution >= 0.6 is 23.8 Å². The lowest BCUT2D eigenvalue weighted by Crippen LogP contribution is -2.41. The Morgan fingerprint density at radius 3 is 2.26 bits per heavy atom. The number of piperidine rings is 1. The number of hydrogen-bond acceptors (Lipinski definition) is 5. The minimum absolute atomic E-state index is 0.0522. The maximum atomic E-state index is 6.36. The molecular formula is C30H43ClN6S. The first-order valence-corrected chi connectivity index (χ1v) is 15.4. The quantitative estimate of drug-likeness (QED) is 0.381. The van der Waals surface area contributed by atoms with Gasteiger partial charge >= 0.3 is 0 Å². The lowest BCUT2D eigenvalue weighted by molar-refractivity contribution is 0.355. The van der Waals surface area contributed by atoms with Gasteiger partial charge in [0.05, 0.1) is 0 Å². The van der Waals surface area contributed by atoms with E-state index in [2.05, 4.69) is 58.5 Å². The summed E-state index contributed by atoms with van der Waals surface area (Å²) in [6, 6.07) is 10.5. The van der Waals surface area contributed by atoms with Crippen LogP contribution in [0.25, 0.3) is 0 Å². The van der Waals surface area contributed by atoms with Crippen LogP contribution in [0.15, 0.2) is 30.3 Å². The number of aromatic nitrogens is 2. The lowest BCUT2D eigenvalue weighted by Gasteiger charge is -2.36. The molecule has 2 N–H and O–H groups in total. The zero-order valence-electron chi connectivity index (χ0n) is 23.0. The van der Waals surface area contributed by atoms with Gasteiger partial charge in [-0.15, -0.1) is 0 Å². The van der Waals surface area contributed by atoms with Crippen molar-refractivity contribution in [3.05, 3.63) is 40.9 Å². The highest BCUT2D eigenvalue weighted by Crippen LogP contribution is 2.41. The number of rotatable bonds is 6. The molecule has 1 aromatic heterocycles. The molecule has 3 heterocycles. The monoisotopic (exact) mass is 554 g/mol. The van der Waals surface area contributed by atoms with Crippen LogP contribution in [0, 0.1) is 11.8 Å². The molecule has 2 saturated heterocycles. The highest BCUT2D eigenvalue weighted by Gasteiger charge is 2.36. The van der Waals surface area contributed by atoms with Gasteiger partial charge in [0.15, 0.2) is 5.11 Å². The van der Waals surface area contributed by atoms with Crippen LogP contribution in [0.2, 0.25) is 5.02 Å². The van der Waals surface area contributed by atoms with Crippen molar-refractivity contribution in [1.29, 1.82) is 0 Å². The Hall–Kier alpha value is -2.12. The first-order chi connectivity index (χ1) is 18.4. The highest BCUT2D eigenvalue weighted by molar-refractivity contribution is 7.80. The summed E-state index contributed by atoms with van der Waals surface area (Å²) in [5.41, 5.74) is 1.35. The van der Waals surface area contributed by atoms with E-state index in [-0.39, 0.29) is 5.41 Å². The Morgan fingerprint density at radius 2 is 1.61 bits per heavy atom. The SMILES string of the molecule is CC1CC(C)CN(c2cc(N3CCCCCC3)nc(NC(=S)NCC3(c4cccc(Cl)c4)CCCC3)n2)C1. The Bertz CT molecular complexity index is 1090. The lowest BCUT2D eigenvalue weighted by atomic mass is 9.79.